The molecule has 0 aromatic heterocycles. The van der Waals surface area contributed by atoms with Crippen LogP contribution in [-0.4, -0.2) is 0 Å². The van der Waals surface area contributed by atoms with Gasteiger partial charge in [-0.3, -0.25) is 0 Å². The summed E-state index contributed by atoms with van der Waals surface area (Å²) >= 11 is 13.5. The molecule has 1 rings (SSSR count). The maximum atomic E-state index is 5.72. The zero-order valence-corrected chi connectivity index (χ0v) is 7.96. The molecule has 0 nitrogen and oxygen atoms in total. The van der Waals surface area contributed by atoms with E-state index in [-0.39, 0.29) is 0 Å². The summed E-state index contributed by atoms with van der Waals surface area (Å²) in [5.74, 6) is 0. The van der Waals surface area contributed by atoms with Crippen LogP contribution in [0.1, 0.15) is 0 Å². The molecule has 0 amide bonds. The molecular weight excluding hydrogens is 270 g/mol. The minimum Gasteiger partial charge on any atom is -0.0826 e. The molecule has 1 radical (unpaired) electrons. The normalized spacial score (nSPS) is 9.67. The Labute approximate surface area is 77.3 Å². The molecule has 0 saturated carbocycles. The summed E-state index contributed by atoms with van der Waals surface area (Å²) in [4.78, 5) is 0. The number of halogens is 3. The van der Waals surface area contributed by atoms with Crippen molar-refractivity contribution in [2.24, 2.45) is 0 Å². The number of hydrogen-bond acceptors (Lipinski definition) is 0. The number of benzene rings is 1. The van der Waals surface area contributed by atoms with Crippen LogP contribution in [0.25, 0.3) is 0 Å². The van der Waals surface area contributed by atoms with Crippen LogP contribution in [-0.2, 0) is 0 Å². The van der Waals surface area contributed by atoms with Gasteiger partial charge in [-0.2, -0.15) is 0 Å². The second-order valence-electron chi connectivity index (χ2n) is 1.47. The first-order valence-electron chi connectivity index (χ1n) is 2.22. The van der Waals surface area contributed by atoms with Crippen molar-refractivity contribution < 1.29 is 0 Å². The smallest absolute Gasteiger partial charge is 0.0726 e. The Morgan fingerprint density at radius 3 is 2.44 bits per heavy atom. The van der Waals surface area contributed by atoms with Crippen molar-refractivity contribution in [3.63, 3.8) is 0 Å². The van der Waals surface area contributed by atoms with E-state index in [9.17, 15) is 0 Å². The van der Waals surface area contributed by atoms with Crippen LogP contribution in [0.4, 0.5) is 0 Å². The molecule has 9 heavy (non-hydrogen) atoms. The van der Waals surface area contributed by atoms with Gasteiger partial charge in [-0.25, -0.2) is 0 Å². The predicted octanol–water partition coefficient (Wildman–Crippen LogP) is 3.40. The van der Waals surface area contributed by atoms with E-state index >= 15 is 0 Å². The van der Waals surface area contributed by atoms with Crippen LogP contribution in [0.5, 0.6) is 0 Å². The lowest BCUT2D eigenvalue weighted by Crippen LogP contribution is -1.72. The van der Waals surface area contributed by atoms with Gasteiger partial charge in [0.2, 0.25) is 0 Å². The Bertz CT molecular complexity index is 202. The standard InChI is InChI=1S/C6H2Cl2I/c7-4-2-1-3-5(9)6(4)8/h2-3H. The quantitative estimate of drug-likeness (QED) is 0.501. The number of hydrogen-bond donors (Lipinski definition) is 0. The Hall–Kier alpha value is 0.530. The molecule has 0 fully saturated rings. The van der Waals surface area contributed by atoms with E-state index < -0.39 is 0 Å². The zero-order valence-electron chi connectivity index (χ0n) is 4.29. The predicted molar refractivity (Wildman–Crippen MR) is 48.0 cm³/mol. The summed E-state index contributed by atoms with van der Waals surface area (Å²) in [6, 6.07) is 6.28. The third-order valence-corrected chi connectivity index (χ3v) is 2.81. The van der Waals surface area contributed by atoms with Crippen LogP contribution in [0, 0.1) is 9.64 Å². The van der Waals surface area contributed by atoms with Crippen molar-refractivity contribution in [2.45, 2.75) is 0 Å². The fourth-order valence-electron chi connectivity index (χ4n) is 0.429. The summed E-state index contributed by atoms with van der Waals surface area (Å²) < 4.78 is 0.932. The molecule has 0 atom stereocenters. The van der Waals surface area contributed by atoms with E-state index in [1.807, 2.05) is 0 Å². The molecular formula is C6H2Cl2I. The first-order valence-corrected chi connectivity index (χ1v) is 4.06. The summed E-state index contributed by atoms with van der Waals surface area (Å²) in [5, 5.41) is 1.17. The minimum atomic E-state index is 0.559. The van der Waals surface area contributed by atoms with E-state index in [4.69, 9.17) is 23.2 Å². The van der Waals surface area contributed by atoms with Crippen molar-refractivity contribution >= 4 is 45.8 Å². The van der Waals surface area contributed by atoms with E-state index in [1.165, 1.54) is 0 Å². The molecule has 47 valence electrons. The lowest BCUT2D eigenvalue weighted by Gasteiger charge is -1.94. The second kappa shape index (κ2) is 3.08. The highest BCUT2D eigenvalue weighted by molar-refractivity contribution is 14.1. The Kier molecular flexibility index (Phi) is 2.61. The maximum absolute atomic E-state index is 5.72. The van der Waals surface area contributed by atoms with Crippen LogP contribution in [0.15, 0.2) is 12.1 Å². The lowest BCUT2D eigenvalue weighted by atomic mass is 10.4. The molecule has 0 aliphatic heterocycles. The molecule has 0 unspecified atom stereocenters. The highest BCUT2D eigenvalue weighted by Crippen LogP contribution is 2.25. The molecule has 0 aliphatic carbocycles. The monoisotopic (exact) mass is 271 g/mol. The van der Waals surface area contributed by atoms with Crippen LogP contribution in [0.3, 0.4) is 0 Å². The van der Waals surface area contributed by atoms with E-state index in [2.05, 4.69) is 28.7 Å². The van der Waals surface area contributed by atoms with E-state index in [1.54, 1.807) is 12.1 Å². The van der Waals surface area contributed by atoms with Gasteiger partial charge in [0.05, 0.1) is 10.0 Å². The highest BCUT2D eigenvalue weighted by atomic mass is 127. The van der Waals surface area contributed by atoms with Gasteiger partial charge in [0, 0.05) is 3.57 Å². The molecule has 0 bridgehead atoms. The molecule has 0 saturated heterocycles. The first-order chi connectivity index (χ1) is 4.22. The van der Waals surface area contributed by atoms with Crippen LogP contribution < -0.4 is 0 Å². The summed E-state index contributed by atoms with van der Waals surface area (Å²) in [7, 11) is 0. The molecule has 3 heteroatoms. The molecule has 0 N–H and O–H groups in total. The average molecular weight is 272 g/mol. The first kappa shape index (κ1) is 7.63. The Morgan fingerprint density at radius 2 is 2.00 bits per heavy atom. The van der Waals surface area contributed by atoms with Gasteiger partial charge in [-0.15, -0.1) is 0 Å². The lowest BCUT2D eigenvalue weighted by molar-refractivity contribution is 1.63. The third kappa shape index (κ3) is 1.72. The minimum absolute atomic E-state index is 0.559. The van der Waals surface area contributed by atoms with Gasteiger partial charge in [0.15, 0.2) is 0 Å². The van der Waals surface area contributed by atoms with Crippen LogP contribution in [0.2, 0.25) is 10.0 Å². The van der Waals surface area contributed by atoms with E-state index in [0.717, 1.165) is 3.57 Å². The topological polar surface area (TPSA) is 0 Å². The fraction of sp³-hybridized carbons (Fsp3) is 0. The summed E-state index contributed by atoms with van der Waals surface area (Å²) in [6.45, 7) is 0. The molecule has 0 aliphatic rings. The highest BCUT2D eigenvalue weighted by Gasteiger charge is 1.98. The SMILES string of the molecule is Clc1c[c]cc(I)c1Cl. The van der Waals surface area contributed by atoms with Gasteiger partial charge in [0.25, 0.3) is 0 Å². The average Bonchev–Trinajstić information content (AvgIpc) is 1.83. The third-order valence-electron chi connectivity index (χ3n) is 0.839. The van der Waals surface area contributed by atoms with Gasteiger partial charge in [-0.1, -0.05) is 23.2 Å². The van der Waals surface area contributed by atoms with Crippen molar-refractivity contribution in [2.75, 3.05) is 0 Å². The number of rotatable bonds is 0. The largest absolute Gasteiger partial charge is 0.0826 e. The second-order valence-corrected chi connectivity index (χ2v) is 3.41. The van der Waals surface area contributed by atoms with E-state index in [0.29, 0.717) is 10.0 Å². The summed E-state index contributed by atoms with van der Waals surface area (Å²) in [5.41, 5.74) is 0. The summed E-state index contributed by atoms with van der Waals surface area (Å²) in [6.07, 6.45) is 0. The van der Waals surface area contributed by atoms with Gasteiger partial charge in [0.1, 0.15) is 0 Å². The van der Waals surface area contributed by atoms with Crippen molar-refractivity contribution in [1.29, 1.82) is 0 Å². The van der Waals surface area contributed by atoms with Gasteiger partial charge < -0.3 is 0 Å². The van der Waals surface area contributed by atoms with Crippen molar-refractivity contribution in [3.05, 3.63) is 31.8 Å². The van der Waals surface area contributed by atoms with Gasteiger partial charge >= 0.3 is 0 Å². The molecule has 0 heterocycles. The fourth-order valence-corrected chi connectivity index (χ4v) is 1.33. The van der Waals surface area contributed by atoms with Crippen molar-refractivity contribution in [1.82, 2.24) is 0 Å². The Balaban J connectivity index is 3.25. The van der Waals surface area contributed by atoms with Gasteiger partial charge in [-0.05, 0) is 40.8 Å². The maximum Gasteiger partial charge on any atom is 0.0726 e. The molecule has 1 aromatic rings. The molecule has 1 aromatic carbocycles. The van der Waals surface area contributed by atoms with Crippen LogP contribution >= 0.6 is 45.8 Å². The zero-order chi connectivity index (χ0) is 6.85. The van der Waals surface area contributed by atoms with Crippen molar-refractivity contribution in [3.8, 4) is 0 Å². The molecule has 0 spiro atoms. The Morgan fingerprint density at radius 1 is 1.33 bits per heavy atom.